The second-order valence-corrected chi connectivity index (χ2v) is 5.61. The summed E-state index contributed by atoms with van der Waals surface area (Å²) in [6, 6.07) is 8.24. The summed E-state index contributed by atoms with van der Waals surface area (Å²) in [6.45, 7) is 4.78. The Balaban J connectivity index is 1.78. The largest absolute Gasteiger partial charge is 0.379 e. The fourth-order valence-corrected chi connectivity index (χ4v) is 2.23. The van der Waals surface area contributed by atoms with Gasteiger partial charge in [-0.15, -0.1) is 0 Å². The number of nitrogens with one attached hydrogen (secondary N) is 2. The summed E-state index contributed by atoms with van der Waals surface area (Å²) in [5, 5.41) is 3.26. The third-order valence-corrected chi connectivity index (χ3v) is 3.54. The van der Waals surface area contributed by atoms with Gasteiger partial charge in [0.15, 0.2) is 11.2 Å². The summed E-state index contributed by atoms with van der Waals surface area (Å²) < 4.78 is 0. The third kappa shape index (κ3) is 3.28. The van der Waals surface area contributed by atoms with Gasteiger partial charge in [0.1, 0.15) is 0 Å². The van der Waals surface area contributed by atoms with Crippen LogP contribution in [-0.4, -0.2) is 19.9 Å². The molecule has 0 aliphatic heterocycles. The number of fused-ring (bicyclic) bond motifs is 1. The lowest BCUT2D eigenvalue weighted by atomic mass is 10.0. The van der Waals surface area contributed by atoms with Gasteiger partial charge in [0.05, 0.1) is 18.4 Å². The number of anilines is 2. The number of aromatic amines is 1. The van der Waals surface area contributed by atoms with E-state index in [1.165, 1.54) is 5.56 Å². The molecule has 3 rings (SSSR count). The zero-order chi connectivity index (χ0) is 16.4. The highest BCUT2D eigenvalue weighted by molar-refractivity contribution is 5.69. The van der Waals surface area contributed by atoms with Crippen molar-refractivity contribution in [3.05, 3.63) is 52.1 Å². The van der Waals surface area contributed by atoms with Crippen molar-refractivity contribution in [2.24, 2.45) is 0 Å². The number of nitrogens with two attached hydrogens (primary N) is 1. The quantitative estimate of drug-likeness (QED) is 0.680. The summed E-state index contributed by atoms with van der Waals surface area (Å²) in [6.07, 6.45) is 1.59. The molecule has 7 heteroatoms. The van der Waals surface area contributed by atoms with Gasteiger partial charge in [-0.1, -0.05) is 26.0 Å². The average Bonchev–Trinajstić information content (AvgIpc) is 2.53. The number of hydrogen-bond donors (Lipinski definition) is 3. The first-order chi connectivity index (χ1) is 11.0. The Morgan fingerprint density at radius 1 is 1.22 bits per heavy atom. The molecule has 3 aromatic rings. The fourth-order valence-electron chi connectivity index (χ4n) is 2.23. The summed E-state index contributed by atoms with van der Waals surface area (Å²) in [4.78, 5) is 26.6. The first-order valence-corrected chi connectivity index (χ1v) is 7.38. The molecule has 0 aliphatic carbocycles. The topological polar surface area (TPSA) is 110 Å². The number of benzene rings is 1. The molecule has 0 saturated heterocycles. The molecule has 0 atom stereocenters. The van der Waals surface area contributed by atoms with Crippen LogP contribution in [0.1, 0.15) is 31.0 Å². The normalized spacial score (nSPS) is 11.1. The first kappa shape index (κ1) is 15.0. The minimum Gasteiger partial charge on any atom is -0.379 e. The fraction of sp³-hybridized carbons (Fsp3) is 0.250. The lowest BCUT2D eigenvalue weighted by Gasteiger charge is -2.09. The zero-order valence-electron chi connectivity index (χ0n) is 13.0. The van der Waals surface area contributed by atoms with Crippen LogP contribution < -0.4 is 16.6 Å². The molecule has 118 valence electrons. The van der Waals surface area contributed by atoms with E-state index in [0.717, 1.165) is 5.69 Å². The van der Waals surface area contributed by atoms with E-state index < -0.39 is 0 Å². The molecule has 0 amide bonds. The van der Waals surface area contributed by atoms with Crippen LogP contribution in [0.2, 0.25) is 0 Å². The van der Waals surface area contributed by atoms with Gasteiger partial charge in [-0.2, -0.15) is 4.98 Å². The van der Waals surface area contributed by atoms with E-state index >= 15 is 0 Å². The standard InChI is InChI=1S/C16H18N6O/c1-9(2)10-3-5-11(6-4-10)18-7-12-8-19-14-13(20-12)15(23)22-16(17)21-14/h3-6,8-9,18H,7H2,1-2H3,(H3,17,19,21,22,23). The summed E-state index contributed by atoms with van der Waals surface area (Å²) in [7, 11) is 0. The maximum atomic E-state index is 11.8. The summed E-state index contributed by atoms with van der Waals surface area (Å²) >= 11 is 0. The molecule has 1 aromatic carbocycles. The molecule has 7 nitrogen and oxygen atoms in total. The minimum absolute atomic E-state index is 0.0351. The van der Waals surface area contributed by atoms with Crippen LogP contribution in [0.25, 0.3) is 11.2 Å². The highest BCUT2D eigenvalue weighted by Crippen LogP contribution is 2.17. The predicted molar refractivity (Wildman–Crippen MR) is 90.2 cm³/mol. The molecular formula is C16H18N6O. The average molecular weight is 310 g/mol. The lowest BCUT2D eigenvalue weighted by Crippen LogP contribution is -2.15. The second kappa shape index (κ2) is 6.04. The van der Waals surface area contributed by atoms with Crippen LogP contribution in [0.4, 0.5) is 11.6 Å². The Kier molecular flexibility index (Phi) is 3.92. The zero-order valence-corrected chi connectivity index (χ0v) is 13.0. The minimum atomic E-state index is -0.386. The summed E-state index contributed by atoms with van der Waals surface area (Å²) in [5.74, 6) is 0.537. The van der Waals surface area contributed by atoms with Crippen LogP contribution in [0.3, 0.4) is 0 Å². The lowest BCUT2D eigenvalue weighted by molar-refractivity contribution is 0.866. The molecule has 2 heterocycles. The molecule has 0 fully saturated rings. The van der Waals surface area contributed by atoms with Gasteiger partial charge < -0.3 is 11.1 Å². The van der Waals surface area contributed by atoms with Crippen molar-refractivity contribution in [2.45, 2.75) is 26.3 Å². The van der Waals surface area contributed by atoms with Crippen molar-refractivity contribution in [1.29, 1.82) is 0 Å². The Bertz CT molecular complexity index is 885. The smallest absolute Gasteiger partial charge is 0.280 e. The van der Waals surface area contributed by atoms with Crippen LogP contribution >= 0.6 is 0 Å². The van der Waals surface area contributed by atoms with E-state index in [-0.39, 0.29) is 22.7 Å². The molecular weight excluding hydrogens is 292 g/mol. The van der Waals surface area contributed by atoms with Crippen molar-refractivity contribution in [3.63, 3.8) is 0 Å². The number of H-pyrrole nitrogens is 1. The number of nitrogens with zero attached hydrogens (tertiary/aromatic N) is 3. The van der Waals surface area contributed by atoms with Gasteiger partial charge >= 0.3 is 0 Å². The number of hydrogen-bond acceptors (Lipinski definition) is 6. The van der Waals surface area contributed by atoms with E-state index in [4.69, 9.17) is 5.73 Å². The van der Waals surface area contributed by atoms with Crippen LogP contribution in [0.5, 0.6) is 0 Å². The molecule has 0 spiro atoms. The number of aromatic nitrogens is 4. The van der Waals surface area contributed by atoms with Gasteiger partial charge in [0.2, 0.25) is 5.95 Å². The second-order valence-electron chi connectivity index (χ2n) is 5.61. The molecule has 0 saturated carbocycles. The molecule has 0 bridgehead atoms. The maximum Gasteiger partial charge on any atom is 0.280 e. The van der Waals surface area contributed by atoms with E-state index in [9.17, 15) is 4.79 Å². The first-order valence-electron chi connectivity index (χ1n) is 7.38. The highest BCUT2D eigenvalue weighted by atomic mass is 16.1. The monoisotopic (exact) mass is 310 g/mol. The summed E-state index contributed by atoms with van der Waals surface area (Å²) in [5.41, 5.74) is 8.46. The Hall–Kier alpha value is -2.96. The van der Waals surface area contributed by atoms with E-state index in [2.05, 4.69) is 51.2 Å². The van der Waals surface area contributed by atoms with E-state index in [1.807, 2.05) is 12.1 Å². The van der Waals surface area contributed by atoms with Gasteiger partial charge in [0, 0.05) is 5.69 Å². The SMILES string of the molecule is CC(C)c1ccc(NCc2cnc3nc(N)[nH]c(=O)c3n2)cc1. The van der Waals surface area contributed by atoms with Crippen molar-refractivity contribution < 1.29 is 0 Å². The molecule has 0 aliphatic rings. The van der Waals surface area contributed by atoms with Gasteiger partial charge in [0.25, 0.3) is 5.56 Å². The van der Waals surface area contributed by atoms with Crippen molar-refractivity contribution in [3.8, 4) is 0 Å². The highest BCUT2D eigenvalue weighted by Gasteiger charge is 2.06. The van der Waals surface area contributed by atoms with Crippen molar-refractivity contribution in [2.75, 3.05) is 11.1 Å². The Morgan fingerprint density at radius 3 is 2.65 bits per heavy atom. The van der Waals surface area contributed by atoms with Crippen LogP contribution in [0, 0.1) is 0 Å². The van der Waals surface area contributed by atoms with E-state index in [1.54, 1.807) is 6.20 Å². The Labute approximate surface area is 133 Å². The predicted octanol–water partition coefficient (Wildman–Crippen LogP) is 2.03. The van der Waals surface area contributed by atoms with Crippen molar-refractivity contribution >= 4 is 22.8 Å². The van der Waals surface area contributed by atoms with Gasteiger partial charge in [-0.05, 0) is 23.6 Å². The molecule has 0 unspecified atom stereocenters. The molecule has 2 aromatic heterocycles. The van der Waals surface area contributed by atoms with E-state index in [0.29, 0.717) is 18.2 Å². The van der Waals surface area contributed by atoms with Gasteiger partial charge in [-0.3, -0.25) is 9.78 Å². The Morgan fingerprint density at radius 2 is 1.96 bits per heavy atom. The van der Waals surface area contributed by atoms with Crippen LogP contribution in [0.15, 0.2) is 35.3 Å². The van der Waals surface area contributed by atoms with Crippen molar-refractivity contribution in [1.82, 2.24) is 19.9 Å². The molecule has 23 heavy (non-hydrogen) atoms. The number of rotatable bonds is 4. The molecule has 0 radical (unpaired) electrons. The van der Waals surface area contributed by atoms with Gasteiger partial charge in [-0.25, -0.2) is 9.97 Å². The third-order valence-electron chi connectivity index (χ3n) is 3.54. The maximum absolute atomic E-state index is 11.8. The number of nitrogen functional groups attached to an aromatic ring is 1. The molecule has 4 N–H and O–H groups in total. The van der Waals surface area contributed by atoms with Crippen LogP contribution in [-0.2, 0) is 6.54 Å².